The molecular weight excluding hydrogens is 458 g/mol. The van der Waals surface area contributed by atoms with Gasteiger partial charge in [-0.3, -0.25) is 4.72 Å². The van der Waals surface area contributed by atoms with Crippen LogP contribution in [-0.4, -0.2) is 43.4 Å². The number of hydrogen-bond donors (Lipinski definition) is 1. The molecule has 0 unspecified atom stereocenters. The molecule has 0 bridgehead atoms. The second-order valence-corrected chi connectivity index (χ2v) is 10.7. The average molecular weight is 486 g/mol. The van der Waals surface area contributed by atoms with Gasteiger partial charge < -0.3 is 9.64 Å². The van der Waals surface area contributed by atoms with Gasteiger partial charge >= 0.3 is 5.97 Å². The first-order chi connectivity index (χ1) is 15.8. The summed E-state index contributed by atoms with van der Waals surface area (Å²) >= 11 is 1.67. The van der Waals surface area contributed by atoms with Gasteiger partial charge in [-0.05, 0) is 57.0 Å². The molecule has 0 saturated carbocycles. The predicted molar refractivity (Wildman–Crippen MR) is 132 cm³/mol. The zero-order chi connectivity index (χ0) is 23.6. The molecule has 33 heavy (non-hydrogen) atoms. The smallest absolute Gasteiger partial charge is 0.338 e. The van der Waals surface area contributed by atoms with Gasteiger partial charge in [-0.15, -0.1) is 0 Å². The molecule has 2 aromatic carbocycles. The van der Waals surface area contributed by atoms with Gasteiger partial charge in [0.05, 0.1) is 28.8 Å². The van der Waals surface area contributed by atoms with Crippen molar-refractivity contribution in [3.05, 3.63) is 70.9 Å². The van der Waals surface area contributed by atoms with E-state index in [-0.39, 0.29) is 11.5 Å². The number of nitrogens with one attached hydrogen (secondary N) is 1. The SMILES string of the molecule is CCOC(=O)C1=C(C)N=C2SCCCN2[C@@H]1c1cccc(NS(=O)(=O)c2ccc(C)cc2)c1. The Balaban J connectivity index is 1.71. The van der Waals surface area contributed by atoms with E-state index in [1.807, 2.05) is 19.9 Å². The molecule has 2 aliphatic rings. The Morgan fingerprint density at radius 3 is 2.70 bits per heavy atom. The lowest BCUT2D eigenvalue weighted by Gasteiger charge is -2.40. The summed E-state index contributed by atoms with van der Waals surface area (Å²) in [5, 5.41) is 0.877. The molecule has 174 valence electrons. The van der Waals surface area contributed by atoms with Gasteiger partial charge in [0.15, 0.2) is 5.17 Å². The molecule has 4 rings (SSSR count). The molecule has 0 aromatic heterocycles. The fourth-order valence-electron chi connectivity index (χ4n) is 3.99. The summed E-state index contributed by atoms with van der Waals surface area (Å²) in [5.41, 5.74) is 3.34. The molecule has 1 atom stereocenters. The number of nitrogens with zero attached hydrogens (tertiary/aromatic N) is 2. The Kier molecular flexibility index (Phi) is 6.81. The number of aliphatic imine (C=N–C) groups is 1. The highest BCUT2D eigenvalue weighted by Crippen LogP contribution is 2.40. The lowest BCUT2D eigenvalue weighted by molar-refractivity contribution is -0.139. The molecule has 1 N–H and O–H groups in total. The van der Waals surface area contributed by atoms with Crippen molar-refractivity contribution in [2.45, 2.75) is 38.1 Å². The van der Waals surface area contributed by atoms with Crippen LogP contribution in [0.4, 0.5) is 5.69 Å². The van der Waals surface area contributed by atoms with Crippen LogP contribution < -0.4 is 4.72 Å². The minimum absolute atomic E-state index is 0.195. The summed E-state index contributed by atoms with van der Waals surface area (Å²) < 4.78 is 33.8. The van der Waals surface area contributed by atoms with Crippen molar-refractivity contribution < 1.29 is 17.9 Å². The summed E-state index contributed by atoms with van der Waals surface area (Å²) in [4.78, 5) is 19.9. The van der Waals surface area contributed by atoms with Crippen LogP contribution in [0.5, 0.6) is 0 Å². The average Bonchev–Trinajstić information content (AvgIpc) is 2.78. The number of thioether (sulfide) groups is 1. The van der Waals surface area contributed by atoms with Crippen LogP contribution >= 0.6 is 11.8 Å². The summed E-state index contributed by atoms with van der Waals surface area (Å²) in [6.45, 7) is 6.53. The Morgan fingerprint density at radius 1 is 1.21 bits per heavy atom. The standard InChI is InChI=1S/C24H27N3O4S2/c1-4-31-23(28)21-17(3)25-24-27(13-6-14-32-24)22(21)18-7-5-8-19(15-18)26-33(29,30)20-11-9-16(2)10-12-20/h5,7-12,15,22,26H,4,6,13-14H2,1-3H3/t22-/m1/s1. The van der Waals surface area contributed by atoms with Crippen molar-refractivity contribution in [3.8, 4) is 0 Å². The molecule has 2 heterocycles. The van der Waals surface area contributed by atoms with Crippen molar-refractivity contribution in [2.75, 3.05) is 23.6 Å². The zero-order valence-electron chi connectivity index (χ0n) is 18.9. The number of ether oxygens (including phenoxy) is 1. The molecule has 0 aliphatic carbocycles. The molecule has 0 radical (unpaired) electrons. The first-order valence-electron chi connectivity index (χ1n) is 10.9. The lowest BCUT2D eigenvalue weighted by atomic mass is 9.94. The second kappa shape index (κ2) is 9.61. The van der Waals surface area contributed by atoms with Gasteiger partial charge in [-0.25, -0.2) is 18.2 Å². The lowest BCUT2D eigenvalue weighted by Crippen LogP contribution is -2.42. The minimum atomic E-state index is -3.75. The second-order valence-electron chi connectivity index (χ2n) is 7.96. The van der Waals surface area contributed by atoms with E-state index < -0.39 is 22.0 Å². The van der Waals surface area contributed by atoms with Crippen LogP contribution in [0.2, 0.25) is 0 Å². The maximum Gasteiger partial charge on any atom is 0.338 e. The number of anilines is 1. The van der Waals surface area contributed by atoms with E-state index >= 15 is 0 Å². The maximum atomic E-state index is 12.9. The van der Waals surface area contributed by atoms with Gasteiger partial charge in [0.2, 0.25) is 0 Å². The quantitative estimate of drug-likeness (QED) is 0.607. The minimum Gasteiger partial charge on any atom is -0.463 e. The Bertz CT molecular complexity index is 1220. The van der Waals surface area contributed by atoms with Gasteiger partial charge in [0.1, 0.15) is 0 Å². The summed E-state index contributed by atoms with van der Waals surface area (Å²) in [6.07, 6.45) is 0.967. The van der Waals surface area contributed by atoms with Crippen molar-refractivity contribution in [3.63, 3.8) is 0 Å². The van der Waals surface area contributed by atoms with Gasteiger partial charge in [-0.2, -0.15) is 0 Å². The molecule has 1 saturated heterocycles. The van der Waals surface area contributed by atoms with E-state index in [0.717, 1.165) is 35.0 Å². The number of carbonyl (C=O) groups is 1. The van der Waals surface area contributed by atoms with Crippen LogP contribution in [0.15, 0.2) is 69.7 Å². The van der Waals surface area contributed by atoms with Gasteiger partial charge in [-0.1, -0.05) is 41.6 Å². The van der Waals surface area contributed by atoms with Crippen LogP contribution in [0, 0.1) is 6.92 Å². The van der Waals surface area contributed by atoms with E-state index in [4.69, 9.17) is 4.74 Å². The van der Waals surface area contributed by atoms with E-state index in [2.05, 4.69) is 14.6 Å². The first-order valence-corrected chi connectivity index (χ1v) is 13.3. The van der Waals surface area contributed by atoms with Crippen molar-refractivity contribution in [1.82, 2.24) is 4.90 Å². The van der Waals surface area contributed by atoms with Crippen LogP contribution in [0.1, 0.15) is 37.4 Å². The number of hydrogen-bond acceptors (Lipinski definition) is 7. The fraction of sp³-hybridized carbons (Fsp3) is 0.333. The topological polar surface area (TPSA) is 88.1 Å². The van der Waals surface area contributed by atoms with Crippen LogP contribution in [0.25, 0.3) is 0 Å². The van der Waals surface area contributed by atoms with Gasteiger partial charge in [0.25, 0.3) is 10.0 Å². The van der Waals surface area contributed by atoms with E-state index in [0.29, 0.717) is 17.0 Å². The normalized spacial score (nSPS) is 18.5. The van der Waals surface area contributed by atoms with E-state index in [1.165, 1.54) is 0 Å². The third-order valence-corrected chi connectivity index (χ3v) is 8.01. The summed E-state index contributed by atoms with van der Waals surface area (Å²) in [5.74, 6) is 0.574. The van der Waals surface area contributed by atoms with E-state index in [9.17, 15) is 13.2 Å². The number of allylic oxidation sites excluding steroid dienone is 1. The molecule has 2 aromatic rings. The Labute approximate surface area is 199 Å². The third kappa shape index (κ3) is 4.94. The molecule has 0 spiro atoms. The first kappa shape index (κ1) is 23.4. The van der Waals surface area contributed by atoms with Crippen molar-refractivity contribution in [2.24, 2.45) is 4.99 Å². The molecular formula is C24H27N3O4S2. The van der Waals surface area contributed by atoms with Gasteiger partial charge in [0, 0.05) is 18.0 Å². The highest BCUT2D eigenvalue weighted by molar-refractivity contribution is 8.13. The number of carbonyl (C=O) groups excluding carboxylic acids is 1. The zero-order valence-corrected chi connectivity index (χ0v) is 20.5. The van der Waals surface area contributed by atoms with Crippen molar-refractivity contribution >= 4 is 38.6 Å². The highest BCUT2D eigenvalue weighted by atomic mass is 32.2. The Morgan fingerprint density at radius 2 is 1.97 bits per heavy atom. The number of aryl methyl sites for hydroxylation is 1. The maximum absolute atomic E-state index is 12.9. The molecule has 7 nitrogen and oxygen atoms in total. The number of fused-ring (bicyclic) bond motifs is 1. The summed E-state index contributed by atoms with van der Waals surface area (Å²) in [6, 6.07) is 13.5. The number of sulfonamides is 1. The van der Waals surface area contributed by atoms with Crippen LogP contribution in [-0.2, 0) is 19.6 Å². The number of esters is 1. The molecule has 0 amide bonds. The largest absolute Gasteiger partial charge is 0.463 e. The fourth-order valence-corrected chi connectivity index (χ4v) is 6.06. The number of rotatable bonds is 6. The summed E-state index contributed by atoms with van der Waals surface area (Å²) in [7, 11) is -3.75. The Hall–Kier alpha value is -2.78. The molecule has 9 heteroatoms. The number of benzene rings is 2. The third-order valence-electron chi connectivity index (χ3n) is 5.54. The number of amidine groups is 1. The molecule has 2 aliphatic heterocycles. The monoisotopic (exact) mass is 485 g/mol. The van der Waals surface area contributed by atoms with Crippen LogP contribution in [0.3, 0.4) is 0 Å². The highest BCUT2D eigenvalue weighted by Gasteiger charge is 2.38. The van der Waals surface area contributed by atoms with Crippen molar-refractivity contribution in [1.29, 1.82) is 0 Å². The van der Waals surface area contributed by atoms with E-state index in [1.54, 1.807) is 61.2 Å². The molecule has 1 fully saturated rings. The predicted octanol–water partition coefficient (Wildman–Crippen LogP) is 4.48.